The molecule has 1 aliphatic rings. The molecule has 0 saturated carbocycles. The lowest BCUT2D eigenvalue weighted by molar-refractivity contribution is -0.111. The summed E-state index contributed by atoms with van der Waals surface area (Å²) in [5, 5.41) is 22.0. The molecular weight excluding hydrogens is 490 g/mol. The van der Waals surface area contributed by atoms with E-state index in [9.17, 15) is 9.90 Å². The number of aliphatic hydroxyl groups excluding tert-OH is 1. The zero-order valence-electron chi connectivity index (χ0n) is 19.9. The van der Waals surface area contributed by atoms with Crippen LogP contribution in [0.1, 0.15) is 29.8 Å². The van der Waals surface area contributed by atoms with Crippen molar-refractivity contribution in [3.63, 3.8) is 0 Å². The van der Waals surface area contributed by atoms with Crippen LogP contribution in [0.4, 0.5) is 11.5 Å². The fraction of sp³-hybridized carbons (Fsp3) is 0.143. The number of halogens is 1. The molecule has 0 fully saturated rings. The Morgan fingerprint density at radius 3 is 2.62 bits per heavy atom. The number of amides is 1. The third kappa shape index (κ3) is 5.08. The van der Waals surface area contributed by atoms with Crippen LogP contribution in [-0.4, -0.2) is 27.3 Å². The van der Waals surface area contributed by atoms with Gasteiger partial charge in [0.05, 0.1) is 11.6 Å². The highest BCUT2D eigenvalue weighted by molar-refractivity contribution is 6.31. The topological polar surface area (TPSA) is 114 Å². The Bertz CT molecular complexity index is 1430. The van der Waals surface area contributed by atoms with Crippen molar-refractivity contribution in [3.05, 3.63) is 102 Å². The Balaban J connectivity index is 1.52. The van der Waals surface area contributed by atoms with E-state index in [-0.39, 0.29) is 11.9 Å². The van der Waals surface area contributed by atoms with Crippen molar-refractivity contribution >= 4 is 29.0 Å². The summed E-state index contributed by atoms with van der Waals surface area (Å²) >= 11 is 6.59. The molecule has 9 heteroatoms. The van der Waals surface area contributed by atoms with Crippen LogP contribution in [0.2, 0.25) is 5.02 Å². The number of hydrogen-bond acceptors (Lipinski definition) is 6. The van der Waals surface area contributed by atoms with E-state index in [0.29, 0.717) is 46.5 Å². The SMILES string of the molecule is C=CC(=O)Nc1ccc(Cl)c(C2CCNc3c(C(N)O)c(-c4ccc(Oc5ccccc5)cc4)nn32)c1. The van der Waals surface area contributed by atoms with Crippen LogP contribution < -0.4 is 21.1 Å². The predicted molar refractivity (Wildman–Crippen MR) is 145 cm³/mol. The maximum absolute atomic E-state index is 11.8. The molecule has 0 radical (unpaired) electrons. The van der Waals surface area contributed by atoms with Crippen LogP contribution in [0, 0.1) is 0 Å². The largest absolute Gasteiger partial charge is 0.457 e. The number of aliphatic hydroxyl groups is 1. The van der Waals surface area contributed by atoms with Gasteiger partial charge < -0.3 is 26.2 Å². The number of ether oxygens (including phenoxy) is 1. The van der Waals surface area contributed by atoms with Crippen LogP contribution in [-0.2, 0) is 4.79 Å². The van der Waals surface area contributed by atoms with Gasteiger partial charge >= 0.3 is 0 Å². The van der Waals surface area contributed by atoms with Crippen LogP contribution in [0.15, 0.2) is 85.5 Å². The molecule has 8 nitrogen and oxygen atoms in total. The van der Waals surface area contributed by atoms with Gasteiger partial charge in [0.2, 0.25) is 5.91 Å². The third-order valence-electron chi connectivity index (χ3n) is 6.16. The van der Waals surface area contributed by atoms with Gasteiger partial charge in [-0.1, -0.05) is 36.4 Å². The van der Waals surface area contributed by atoms with Crippen LogP contribution >= 0.6 is 11.6 Å². The number of nitrogens with zero attached hydrogens (tertiary/aromatic N) is 2. The molecule has 4 aromatic rings. The molecular formula is C28H26ClN5O3. The highest BCUT2D eigenvalue weighted by atomic mass is 35.5. The van der Waals surface area contributed by atoms with Crippen molar-refractivity contribution in [2.45, 2.75) is 18.7 Å². The lowest BCUT2D eigenvalue weighted by Crippen LogP contribution is -2.26. The monoisotopic (exact) mass is 515 g/mol. The summed E-state index contributed by atoms with van der Waals surface area (Å²) in [4.78, 5) is 11.8. The molecule has 5 N–H and O–H groups in total. The minimum atomic E-state index is -1.25. The normalized spacial score (nSPS) is 15.3. The predicted octanol–water partition coefficient (Wildman–Crippen LogP) is 5.47. The smallest absolute Gasteiger partial charge is 0.247 e. The van der Waals surface area contributed by atoms with Gasteiger partial charge in [-0.2, -0.15) is 5.10 Å². The van der Waals surface area contributed by atoms with E-state index in [2.05, 4.69) is 17.2 Å². The zero-order valence-corrected chi connectivity index (χ0v) is 20.7. The molecule has 0 saturated heterocycles. The number of hydrogen-bond donors (Lipinski definition) is 4. The molecule has 0 spiro atoms. The van der Waals surface area contributed by atoms with Crippen molar-refractivity contribution in [2.75, 3.05) is 17.2 Å². The van der Waals surface area contributed by atoms with Crippen LogP contribution in [0.5, 0.6) is 11.5 Å². The van der Waals surface area contributed by atoms with E-state index in [1.165, 1.54) is 6.08 Å². The first-order chi connectivity index (χ1) is 17.9. The van der Waals surface area contributed by atoms with E-state index in [1.54, 1.807) is 16.8 Å². The Morgan fingerprint density at radius 1 is 1.19 bits per heavy atom. The Kier molecular flexibility index (Phi) is 6.96. The molecule has 5 rings (SSSR count). The van der Waals surface area contributed by atoms with Gasteiger partial charge in [0.25, 0.3) is 0 Å². The van der Waals surface area contributed by atoms with Crippen LogP contribution in [0.3, 0.4) is 0 Å². The molecule has 2 heterocycles. The first kappa shape index (κ1) is 24.6. The summed E-state index contributed by atoms with van der Waals surface area (Å²) in [6, 6.07) is 22.0. The third-order valence-corrected chi connectivity index (χ3v) is 6.51. The number of carbonyl (C=O) groups is 1. The quantitative estimate of drug-likeness (QED) is 0.191. The lowest BCUT2D eigenvalue weighted by Gasteiger charge is -2.28. The Labute approximate surface area is 219 Å². The average molecular weight is 516 g/mol. The fourth-order valence-electron chi connectivity index (χ4n) is 4.45. The van der Waals surface area contributed by atoms with Gasteiger partial charge in [-0.25, -0.2) is 4.68 Å². The highest BCUT2D eigenvalue weighted by Gasteiger charge is 2.31. The Morgan fingerprint density at radius 2 is 1.92 bits per heavy atom. The van der Waals surface area contributed by atoms with Crippen molar-refractivity contribution < 1.29 is 14.6 Å². The first-order valence-electron chi connectivity index (χ1n) is 11.8. The van der Waals surface area contributed by atoms with E-state index < -0.39 is 6.23 Å². The second kappa shape index (κ2) is 10.5. The minimum absolute atomic E-state index is 0.240. The molecule has 188 valence electrons. The summed E-state index contributed by atoms with van der Waals surface area (Å²) in [7, 11) is 0. The Hall–Kier alpha value is -4.11. The van der Waals surface area contributed by atoms with Gasteiger partial charge in [0.15, 0.2) is 0 Å². The van der Waals surface area contributed by atoms with E-state index >= 15 is 0 Å². The number of nitrogens with two attached hydrogens (primary N) is 1. The summed E-state index contributed by atoms with van der Waals surface area (Å²) in [6.45, 7) is 4.12. The summed E-state index contributed by atoms with van der Waals surface area (Å²) in [5.74, 6) is 1.73. The summed E-state index contributed by atoms with van der Waals surface area (Å²) < 4.78 is 7.70. The van der Waals surface area contributed by atoms with Crippen LogP contribution in [0.25, 0.3) is 11.3 Å². The minimum Gasteiger partial charge on any atom is -0.457 e. The molecule has 1 amide bonds. The molecule has 37 heavy (non-hydrogen) atoms. The average Bonchev–Trinajstić information content (AvgIpc) is 3.31. The molecule has 2 atom stereocenters. The number of fused-ring (bicyclic) bond motifs is 1. The number of aromatic nitrogens is 2. The first-order valence-corrected chi connectivity index (χ1v) is 12.2. The number of carbonyl (C=O) groups excluding carboxylic acids is 1. The second-order valence-corrected chi connectivity index (χ2v) is 9.01. The molecule has 3 aromatic carbocycles. The maximum atomic E-state index is 11.8. The standard InChI is InChI=1S/C28H26ClN5O3/c1-2-24(35)32-18-10-13-22(29)21(16-18)23-14-15-31-28-25(27(30)36)26(33-34(23)28)17-8-11-20(12-9-17)37-19-6-4-3-5-7-19/h2-13,16,23,27,31,36H,1,14-15,30H2,(H,32,35). The number of benzene rings is 3. The number of nitrogens with one attached hydrogen (secondary N) is 2. The lowest BCUT2D eigenvalue weighted by atomic mass is 10.0. The van der Waals surface area contributed by atoms with Crippen molar-refractivity contribution in [3.8, 4) is 22.8 Å². The van der Waals surface area contributed by atoms with Gasteiger partial charge in [0, 0.05) is 22.8 Å². The number of para-hydroxylation sites is 1. The zero-order chi connectivity index (χ0) is 25.9. The summed E-state index contributed by atoms with van der Waals surface area (Å²) in [6.07, 6.45) is 0.650. The van der Waals surface area contributed by atoms with Gasteiger partial charge in [-0.05, 0) is 72.7 Å². The molecule has 1 aliphatic heterocycles. The van der Waals surface area contributed by atoms with E-state index in [4.69, 9.17) is 27.2 Å². The second-order valence-electron chi connectivity index (χ2n) is 8.60. The number of anilines is 2. The fourth-order valence-corrected chi connectivity index (χ4v) is 4.70. The highest BCUT2D eigenvalue weighted by Crippen LogP contribution is 2.41. The summed E-state index contributed by atoms with van der Waals surface area (Å²) in [5.41, 5.74) is 9.24. The van der Waals surface area contributed by atoms with Gasteiger partial charge in [-0.15, -0.1) is 0 Å². The van der Waals surface area contributed by atoms with E-state index in [0.717, 1.165) is 16.9 Å². The van der Waals surface area contributed by atoms with Gasteiger partial charge in [0.1, 0.15) is 29.2 Å². The molecule has 0 bridgehead atoms. The maximum Gasteiger partial charge on any atom is 0.247 e. The molecule has 1 aromatic heterocycles. The molecule has 2 unspecified atom stereocenters. The van der Waals surface area contributed by atoms with Crippen molar-refractivity contribution in [1.82, 2.24) is 9.78 Å². The van der Waals surface area contributed by atoms with Crippen molar-refractivity contribution in [1.29, 1.82) is 0 Å². The molecule has 0 aliphatic carbocycles. The van der Waals surface area contributed by atoms with Crippen molar-refractivity contribution in [2.24, 2.45) is 5.73 Å². The van der Waals surface area contributed by atoms with Gasteiger partial charge in [-0.3, -0.25) is 4.79 Å². The van der Waals surface area contributed by atoms with E-state index in [1.807, 2.05) is 60.7 Å². The number of rotatable bonds is 7.